The molecule has 0 amide bonds. The van der Waals surface area contributed by atoms with E-state index >= 15 is 0 Å². The SMILES string of the molecule is Cc1ccc(S(=O)(=O)n2[nH]c(=O)n(-c3ccc(N)cc3)c2=O)cc1. The van der Waals surface area contributed by atoms with Crippen LogP contribution in [0.1, 0.15) is 5.56 Å². The Bertz CT molecular complexity index is 1100. The highest BCUT2D eigenvalue weighted by molar-refractivity contribution is 7.89. The lowest BCUT2D eigenvalue weighted by Crippen LogP contribution is -2.30. The zero-order valence-electron chi connectivity index (χ0n) is 12.6. The maximum absolute atomic E-state index is 12.6. The number of hydrogen-bond donors (Lipinski definition) is 2. The number of aromatic amines is 1. The van der Waals surface area contributed by atoms with E-state index in [1.165, 1.54) is 36.4 Å². The maximum atomic E-state index is 12.6. The van der Waals surface area contributed by atoms with E-state index in [1.54, 1.807) is 12.1 Å². The zero-order chi connectivity index (χ0) is 17.5. The van der Waals surface area contributed by atoms with Gasteiger partial charge in [0.1, 0.15) is 0 Å². The first-order valence-corrected chi connectivity index (χ1v) is 8.37. The molecule has 8 nitrogen and oxygen atoms in total. The number of nitrogen functional groups attached to an aromatic ring is 1. The number of rotatable bonds is 3. The Morgan fingerprint density at radius 2 is 1.54 bits per heavy atom. The summed E-state index contributed by atoms with van der Waals surface area (Å²) in [7, 11) is -4.20. The third kappa shape index (κ3) is 2.54. The van der Waals surface area contributed by atoms with Gasteiger partial charge in [0.2, 0.25) is 0 Å². The van der Waals surface area contributed by atoms with Crippen molar-refractivity contribution in [1.29, 1.82) is 0 Å². The second-order valence-corrected chi connectivity index (χ2v) is 7.00. The van der Waals surface area contributed by atoms with Crippen molar-refractivity contribution in [2.45, 2.75) is 11.8 Å². The third-order valence-electron chi connectivity index (χ3n) is 3.48. The van der Waals surface area contributed by atoms with Crippen molar-refractivity contribution in [1.82, 2.24) is 13.8 Å². The fourth-order valence-electron chi connectivity index (χ4n) is 2.19. The molecule has 3 aromatic rings. The lowest BCUT2D eigenvalue weighted by Gasteiger charge is -2.04. The molecule has 2 aromatic carbocycles. The minimum atomic E-state index is -4.20. The van der Waals surface area contributed by atoms with Gasteiger partial charge in [0, 0.05) is 5.69 Å². The van der Waals surface area contributed by atoms with Crippen LogP contribution in [0.2, 0.25) is 0 Å². The second kappa shape index (κ2) is 5.53. The topological polar surface area (TPSA) is 120 Å². The Kier molecular flexibility index (Phi) is 3.64. The number of nitrogens with zero attached hydrogens (tertiary/aromatic N) is 2. The first kappa shape index (κ1) is 15.8. The van der Waals surface area contributed by atoms with Crippen molar-refractivity contribution in [3.63, 3.8) is 0 Å². The molecular weight excluding hydrogens is 332 g/mol. The molecule has 0 saturated heterocycles. The van der Waals surface area contributed by atoms with Gasteiger partial charge in [0.25, 0.3) is 10.0 Å². The van der Waals surface area contributed by atoms with E-state index in [0.717, 1.165) is 10.1 Å². The van der Waals surface area contributed by atoms with Crippen LogP contribution in [0, 0.1) is 6.92 Å². The molecular formula is C15H14N4O4S. The van der Waals surface area contributed by atoms with Gasteiger partial charge in [-0.05, 0) is 43.3 Å². The molecule has 0 bridgehead atoms. The van der Waals surface area contributed by atoms with Crippen LogP contribution in [-0.2, 0) is 10.0 Å². The van der Waals surface area contributed by atoms with Gasteiger partial charge >= 0.3 is 11.4 Å². The summed E-state index contributed by atoms with van der Waals surface area (Å²) < 4.78 is 26.2. The number of aromatic nitrogens is 3. The van der Waals surface area contributed by atoms with Crippen LogP contribution in [0.3, 0.4) is 0 Å². The smallest absolute Gasteiger partial charge is 0.366 e. The van der Waals surface area contributed by atoms with Gasteiger partial charge < -0.3 is 5.73 Å². The highest BCUT2D eigenvalue weighted by Crippen LogP contribution is 2.12. The molecule has 3 rings (SSSR count). The number of hydrogen-bond acceptors (Lipinski definition) is 5. The molecule has 1 heterocycles. The van der Waals surface area contributed by atoms with Gasteiger partial charge in [0.15, 0.2) is 0 Å². The van der Waals surface area contributed by atoms with Crippen LogP contribution in [0.25, 0.3) is 5.69 Å². The fraction of sp³-hybridized carbons (Fsp3) is 0.0667. The van der Waals surface area contributed by atoms with Gasteiger partial charge in [0.05, 0.1) is 10.6 Å². The monoisotopic (exact) mass is 346 g/mol. The normalized spacial score (nSPS) is 11.5. The van der Waals surface area contributed by atoms with E-state index < -0.39 is 21.4 Å². The molecule has 0 aliphatic heterocycles. The van der Waals surface area contributed by atoms with Crippen molar-refractivity contribution in [2.75, 3.05) is 5.73 Å². The number of nitrogens with one attached hydrogen (secondary N) is 1. The molecule has 0 atom stereocenters. The summed E-state index contributed by atoms with van der Waals surface area (Å²) in [4.78, 5) is 24.4. The Hall–Kier alpha value is -3.07. The van der Waals surface area contributed by atoms with Crippen molar-refractivity contribution >= 4 is 15.7 Å². The summed E-state index contributed by atoms with van der Waals surface area (Å²) in [5.41, 5.74) is 5.24. The summed E-state index contributed by atoms with van der Waals surface area (Å²) in [6.45, 7) is 1.81. The summed E-state index contributed by atoms with van der Waals surface area (Å²) in [6.07, 6.45) is 0. The van der Waals surface area contributed by atoms with E-state index in [-0.39, 0.29) is 10.6 Å². The minimum absolute atomic E-state index is 0.0964. The van der Waals surface area contributed by atoms with Gasteiger partial charge in [-0.1, -0.05) is 17.7 Å². The predicted molar refractivity (Wildman–Crippen MR) is 88.8 cm³/mol. The van der Waals surface area contributed by atoms with Gasteiger partial charge in [-0.15, -0.1) is 4.09 Å². The van der Waals surface area contributed by atoms with Crippen LogP contribution in [0.15, 0.2) is 63.0 Å². The van der Waals surface area contributed by atoms with Crippen LogP contribution in [0.4, 0.5) is 5.69 Å². The molecule has 0 aliphatic carbocycles. The Labute approximate surface area is 136 Å². The molecule has 124 valence electrons. The van der Waals surface area contributed by atoms with Crippen LogP contribution >= 0.6 is 0 Å². The predicted octanol–water partition coefficient (Wildman–Crippen LogP) is 0.455. The molecule has 9 heteroatoms. The largest absolute Gasteiger partial charge is 0.399 e. The quantitative estimate of drug-likeness (QED) is 0.667. The molecule has 1 aromatic heterocycles. The highest BCUT2D eigenvalue weighted by atomic mass is 32.2. The number of benzene rings is 2. The summed E-state index contributed by atoms with van der Waals surface area (Å²) in [5.74, 6) is 0. The summed E-state index contributed by atoms with van der Waals surface area (Å²) >= 11 is 0. The molecule has 3 N–H and O–H groups in total. The van der Waals surface area contributed by atoms with Crippen molar-refractivity contribution < 1.29 is 8.42 Å². The lowest BCUT2D eigenvalue weighted by molar-refractivity contribution is 0.577. The maximum Gasteiger partial charge on any atom is 0.366 e. The van der Waals surface area contributed by atoms with Crippen LogP contribution in [-0.4, -0.2) is 22.2 Å². The average molecular weight is 346 g/mol. The van der Waals surface area contributed by atoms with Gasteiger partial charge in [-0.25, -0.2) is 19.3 Å². The summed E-state index contributed by atoms with van der Waals surface area (Å²) in [5, 5.41) is 2.07. The van der Waals surface area contributed by atoms with E-state index in [1.807, 2.05) is 6.92 Å². The van der Waals surface area contributed by atoms with Crippen molar-refractivity contribution in [3.05, 3.63) is 75.1 Å². The summed E-state index contributed by atoms with van der Waals surface area (Å²) in [6, 6.07) is 11.9. The second-order valence-electron chi connectivity index (χ2n) is 5.21. The average Bonchev–Trinajstić information content (AvgIpc) is 2.84. The molecule has 0 unspecified atom stereocenters. The fourth-order valence-corrected chi connectivity index (χ4v) is 3.37. The van der Waals surface area contributed by atoms with Crippen LogP contribution in [0.5, 0.6) is 0 Å². The van der Waals surface area contributed by atoms with E-state index in [2.05, 4.69) is 5.10 Å². The van der Waals surface area contributed by atoms with Gasteiger partial charge in [-0.3, -0.25) is 0 Å². The molecule has 0 aliphatic rings. The first-order valence-electron chi connectivity index (χ1n) is 6.93. The molecule has 0 saturated carbocycles. The third-order valence-corrected chi connectivity index (χ3v) is 5.07. The highest BCUT2D eigenvalue weighted by Gasteiger charge is 2.23. The van der Waals surface area contributed by atoms with E-state index in [4.69, 9.17) is 5.73 Å². The Morgan fingerprint density at radius 3 is 2.12 bits per heavy atom. The first-order chi connectivity index (χ1) is 11.3. The van der Waals surface area contributed by atoms with Gasteiger partial charge in [-0.2, -0.15) is 8.42 Å². The Morgan fingerprint density at radius 1 is 0.958 bits per heavy atom. The number of anilines is 1. The zero-order valence-corrected chi connectivity index (χ0v) is 13.4. The molecule has 0 fully saturated rings. The van der Waals surface area contributed by atoms with Crippen molar-refractivity contribution in [2.24, 2.45) is 0 Å². The van der Waals surface area contributed by atoms with Crippen LogP contribution < -0.4 is 17.1 Å². The molecule has 24 heavy (non-hydrogen) atoms. The number of H-pyrrole nitrogens is 1. The number of aryl methyl sites for hydroxylation is 1. The Balaban J connectivity index is 2.19. The standard InChI is InChI=1S/C15H14N4O4S/c1-10-2-8-13(9-3-10)24(22,23)19-15(21)18(14(20)17-19)12-6-4-11(16)5-7-12/h2-9H,16H2,1H3,(H,17,20). The molecule has 0 spiro atoms. The van der Waals surface area contributed by atoms with Crippen molar-refractivity contribution in [3.8, 4) is 5.69 Å². The number of nitrogens with two attached hydrogens (primary N) is 1. The van der Waals surface area contributed by atoms with E-state index in [0.29, 0.717) is 9.77 Å². The molecule has 0 radical (unpaired) electrons. The minimum Gasteiger partial charge on any atom is -0.399 e. The van der Waals surface area contributed by atoms with E-state index in [9.17, 15) is 18.0 Å². The lowest BCUT2D eigenvalue weighted by atomic mass is 10.2.